The molecule has 0 bridgehead atoms. The van der Waals surface area contributed by atoms with E-state index in [4.69, 9.17) is 0 Å². The summed E-state index contributed by atoms with van der Waals surface area (Å²) in [6.07, 6.45) is 0.714. The molecule has 1 aromatic heterocycles. The van der Waals surface area contributed by atoms with Crippen LogP contribution in [0.2, 0.25) is 0 Å². The van der Waals surface area contributed by atoms with Gasteiger partial charge in [-0.3, -0.25) is 9.59 Å². The lowest BCUT2D eigenvalue weighted by Crippen LogP contribution is -2.09. The van der Waals surface area contributed by atoms with Gasteiger partial charge < -0.3 is 9.88 Å². The number of aryl methyl sites for hydroxylation is 1. The number of Topliss-reactive ketones (excluding diaryl/α,β-unsaturated/α-hetero) is 1. The second-order valence-corrected chi connectivity index (χ2v) is 9.34. The second kappa shape index (κ2) is 9.84. The summed E-state index contributed by atoms with van der Waals surface area (Å²) in [6.45, 7) is 2.37. The van der Waals surface area contributed by atoms with Crippen LogP contribution in [-0.2, 0) is 17.8 Å². The van der Waals surface area contributed by atoms with Crippen molar-refractivity contribution in [1.29, 1.82) is 0 Å². The average Bonchev–Trinajstić information content (AvgIpc) is 3.41. The Morgan fingerprint density at radius 2 is 1.83 bits per heavy atom. The number of aromatic nitrogens is 3. The van der Waals surface area contributed by atoms with Crippen LogP contribution in [0.15, 0.2) is 78.0 Å². The Bertz CT molecular complexity index is 1400. The van der Waals surface area contributed by atoms with E-state index in [0.29, 0.717) is 35.1 Å². The zero-order chi connectivity index (χ0) is 24.4. The lowest BCUT2D eigenvalue weighted by atomic mass is 9.99. The number of hydrogen-bond acceptors (Lipinski definition) is 5. The van der Waals surface area contributed by atoms with Crippen molar-refractivity contribution in [2.45, 2.75) is 31.0 Å². The number of nitrogens with zero attached hydrogens (tertiary/aromatic N) is 3. The Morgan fingerprint density at radius 1 is 1.06 bits per heavy atom. The van der Waals surface area contributed by atoms with Crippen molar-refractivity contribution >= 4 is 29.1 Å². The fourth-order valence-corrected chi connectivity index (χ4v) is 4.99. The van der Waals surface area contributed by atoms with Crippen LogP contribution >= 0.6 is 11.8 Å². The highest BCUT2D eigenvalue weighted by Gasteiger charge is 2.27. The molecule has 1 aliphatic rings. The number of nitrogens with one attached hydrogen (secondary N) is 1. The van der Waals surface area contributed by atoms with Gasteiger partial charge in [0.05, 0.1) is 17.2 Å². The Labute approximate surface area is 206 Å². The van der Waals surface area contributed by atoms with Crippen LogP contribution in [0.5, 0.6) is 0 Å². The van der Waals surface area contributed by atoms with Crippen LogP contribution in [-0.4, -0.2) is 32.2 Å². The molecule has 0 saturated heterocycles. The number of ketones is 1. The molecule has 0 unspecified atom stereocenters. The summed E-state index contributed by atoms with van der Waals surface area (Å²) in [7, 11) is 0. The number of benzene rings is 3. The highest BCUT2D eigenvalue weighted by molar-refractivity contribution is 7.99. The summed E-state index contributed by atoms with van der Waals surface area (Å²) in [4.78, 5) is 24.9. The lowest BCUT2D eigenvalue weighted by molar-refractivity contribution is -0.116. The number of halogens is 1. The van der Waals surface area contributed by atoms with Gasteiger partial charge in [-0.15, -0.1) is 10.2 Å². The minimum atomic E-state index is -0.371. The number of anilines is 1. The zero-order valence-electron chi connectivity index (χ0n) is 19.1. The van der Waals surface area contributed by atoms with Crippen molar-refractivity contribution in [1.82, 2.24) is 14.8 Å². The van der Waals surface area contributed by atoms with Crippen molar-refractivity contribution in [3.05, 3.63) is 95.3 Å². The molecule has 0 fully saturated rings. The van der Waals surface area contributed by atoms with E-state index in [1.54, 1.807) is 36.4 Å². The van der Waals surface area contributed by atoms with Gasteiger partial charge in [0.15, 0.2) is 16.8 Å². The number of rotatable bonds is 8. The molecule has 1 N–H and O–H groups in total. The van der Waals surface area contributed by atoms with Crippen molar-refractivity contribution in [3.8, 4) is 11.4 Å². The first-order chi connectivity index (χ1) is 17.0. The van der Waals surface area contributed by atoms with Gasteiger partial charge in [0, 0.05) is 17.8 Å². The molecule has 2 heterocycles. The number of hydrogen-bond donors (Lipinski definition) is 1. The monoisotopic (exact) mass is 486 g/mol. The molecule has 0 aliphatic carbocycles. The first-order valence-electron chi connectivity index (χ1n) is 11.3. The van der Waals surface area contributed by atoms with Gasteiger partial charge in [-0.2, -0.15) is 0 Å². The summed E-state index contributed by atoms with van der Waals surface area (Å²) in [5, 5.41) is 11.9. The van der Waals surface area contributed by atoms with Gasteiger partial charge in [0.25, 0.3) is 0 Å². The quantitative estimate of drug-likeness (QED) is 0.268. The molecule has 1 aliphatic heterocycles. The van der Waals surface area contributed by atoms with E-state index in [2.05, 4.69) is 15.5 Å². The maximum absolute atomic E-state index is 14.6. The molecular weight excluding hydrogens is 463 g/mol. The van der Waals surface area contributed by atoms with Crippen LogP contribution in [0, 0.1) is 5.82 Å². The van der Waals surface area contributed by atoms with Gasteiger partial charge in [-0.25, -0.2) is 4.39 Å². The Kier molecular flexibility index (Phi) is 6.46. The fourth-order valence-electron chi connectivity index (χ4n) is 4.13. The Balaban J connectivity index is 1.38. The van der Waals surface area contributed by atoms with Crippen LogP contribution in [0.3, 0.4) is 0 Å². The normalized spacial score (nSPS) is 14.6. The SMILES string of the molecule is C[C@H]1C(=O)Nc2ccc(C(=O)CSc3nnc(-c4ccccc4F)n3CCc3ccccc3)cc21. The molecule has 8 heteroatoms. The smallest absolute Gasteiger partial charge is 0.231 e. The molecule has 1 amide bonds. The third-order valence-corrected chi connectivity index (χ3v) is 7.09. The summed E-state index contributed by atoms with van der Waals surface area (Å²) in [5.41, 5.74) is 3.64. The van der Waals surface area contributed by atoms with Crippen molar-refractivity contribution in [2.24, 2.45) is 0 Å². The average molecular weight is 487 g/mol. The highest BCUT2D eigenvalue weighted by Crippen LogP contribution is 2.33. The molecule has 0 spiro atoms. The molecule has 3 aromatic carbocycles. The number of carbonyl (C=O) groups excluding carboxylic acids is 2. The first kappa shape index (κ1) is 23.0. The summed E-state index contributed by atoms with van der Waals surface area (Å²) >= 11 is 1.28. The Hall–Kier alpha value is -3.78. The van der Waals surface area contributed by atoms with Gasteiger partial charge >= 0.3 is 0 Å². The van der Waals surface area contributed by atoms with Crippen LogP contribution < -0.4 is 5.32 Å². The maximum atomic E-state index is 14.6. The molecule has 5 rings (SSSR count). The second-order valence-electron chi connectivity index (χ2n) is 8.40. The van der Waals surface area contributed by atoms with Gasteiger partial charge in [0.2, 0.25) is 5.91 Å². The minimum absolute atomic E-state index is 0.0637. The van der Waals surface area contributed by atoms with Gasteiger partial charge in [0.1, 0.15) is 5.82 Å². The minimum Gasteiger partial charge on any atom is -0.325 e. The number of thioether (sulfide) groups is 1. The molecule has 176 valence electrons. The van der Waals surface area contributed by atoms with E-state index < -0.39 is 0 Å². The van der Waals surface area contributed by atoms with E-state index in [9.17, 15) is 14.0 Å². The molecule has 6 nitrogen and oxygen atoms in total. The van der Waals surface area contributed by atoms with Gasteiger partial charge in [-0.1, -0.05) is 54.2 Å². The van der Waals surface area contributed by atoms with Gasteiger partial charge in [-0.05, 0) is 54.8 Å². The number of carbonyl (C=O) groups is 2. The number of amides is 1. The van der Waals surface area contributed by atoms with E-state index in [0.717, 1.165) is 16.8 Å². The third kappa shape index (κ3) is 4.74. The fraction of sp³-hybridized carbons (Fsp3) is 0.185. The van der Waals surface area contributed by atoms with Crippen LogP contribution in [0.4, 0.5) is 10.1 Å². The van der Waals surface area contributed by atoms with Crippen molar-refractivity contribution in [3.63, 3.8) is 0 Å². The van der Waals surface area contributed by atoms with Crippen molar-refractivity contribution in [2.75, 3.05) is 11.1 Å². The van der Waals surface area contributed by atoms with Crippen molar-refractivity contribution < 1.29 is 14.0 Å². The zero-order valence-corrected chi connectivity index (χ0v) is 19.9. The van der Waals surface area contributed by atoms with E-state index in [1.165, 1.54) is 17.8 Å². The van der Waals surface area contributed by atoms with Crippen LogP contribution in [0.25, 0.3) is 11.4 Å². The van der Waals surface area contributed by atoms with E-state index >= 15 is 0 Å². The number of fused-ring (bicyclic) bond motifs is 1. The molecule has 0 radical (unpaired) electrons. The first-order valence-corrected chi connectivity index (χ1v) is 12.3. The van der Waals surface area contributed by atoms with E-state index in [1.807, 2.05) is 41.8 Å². The summed E-state index contributed by atoms with van der Waals surface area (Å²) in [5.74, 6) is -0.209. The van der Waals surface area contributed by atoms with E-state index in [-0.39, 0.29) is 29.2 Å². The lowest BCUT2D eigenvalue weighted by Gasteiger charge is -2.11. The predicted molar refractivity (Wildman–Crippen MR) is 134 cm³/mol. The molecule has 1 atom stereocenters. The molecule has 0 saturated carbocycles. The molecule has 35 heavy (non-hydrogen) atoms. The topological polar surface area (TPSA) is 76.9 Å². The summed E-state index contributed by atoms with van der Waals surface area (Å²) < 4.78 is 16.4. The largest absolute Gasteiger partial charge is 0.325 e. The third-order valence-electron chi connectivity index (χ3n) is 6.12. The predicted octanol–water partition coefficient (Wildman–Crippen LogP) is 5.36. The maximum Gasteiger partial charge on any atom is 0.231 e. The summed E-state index contributed by atoms with van der Waals surface area (Å²) in [6, 6.07) is 21.8. The van der Waals surface area contributed by atoms with Crippen LogP contribution in [0.1, 0.15) is 34.3 Å². The Morgan fingerprint density at radius 3 is 2.63 bits per heavy atom. The highest BCUT2D eigenvalue weighted by atomic mass is 32.2. The molecular formula is C27H23FN4O2S. The molecule has 4 aromatic rings. The standard InChI is InChI=1S/C27H23FN4O2S/c1-17-21-15-19(11-12-23(21)29-26(17)34)24(33)16-35-27-31-30-25(20-9-5-6-10-22(20)28)32(27)14-13-18-7-3-2-4-8-18/h2-12,15,17H,13-14,16H2,1H3,(H,29,34)/t17-/m1/s1.